The quantitative estimate of drug-likeness (QED) is 0.505. The number of aliphatic hydroxyl groups is 1. The fourth-order valence-corrected chi connectivity index (χ4v) is 1.32. The maximum atomic E-state index is 11.3. The molecular formula is C10H16N4O4. The molecule has 0 aliphatic carbocycles. The number of carboxylic acids is 1. The van der Waals surface area contributed by atoms with Crippen molar-refractivity contribution >= 4 is 12.0 Å². The van der Waals surface area contributed by atoms with Crippen LogP contribution < -0.4 is 10.6 Å². The fraction of sp³-hybridized carbons (Fsp3) is 0.500. The minimum Gasteiger partial charge on any atom is -0.480 e. The number of carbonyl (C=O) groups excluding carboxylic acids is 1. The molecule has 0 unspecified atom stereocenters. The highest BCUT2D eigenvalue weighted by Crippen LogP contribution is 1.93. The van der Waals surface area contributed by atoms with Crippen LogP contribution in [0, 0.1) is 0 Å². The van der Waals surface area contributed by atoms with Gasteiger partial charge in [0, 0.05) is 32.4 Å². The maximum absolute atomic E-state index is 11.3. The molecule has 18 heavy (non-hydrogen) atoms. The third-order valence-corrected chi connectivity index (χ3v) is 2.34. The van der Waals surface area contributed by atoms with E-state index in [9.17, 15) is 9.59 Å². The van der Waals surface area contributed by atoms with E-state index in [0.717, 1.165) is 5.82 Å². The zero-order valence-electron chi connectivity index (χ0n) is 9.96. The standard InChI is InChI=1S/C10H16N4O4/c1-14-5-4-11-8(14)2-3-12-10(18)13-7(6-15)9(16)17/h4-5,7,15H,2-3,6H2,1H3,(H,16,17)(H2,12,13,18)/t7-/m1/s1. The van der Waals surface area contributed by atoms with Gasteiger partial charge in [-0.1, -0.05) is 0 Å². The SMILES string of the molecule is Cn1ccnc1CCNC(=O)N[C@H](CO)C(=O)O. The van der Waals surface area contributed by atoms with Crippen LogP contribution in [0.2, 0.25) is 0 Å². The summed E-state index contributed by atoms with van der Waals surface area (Å²) in [6.07, 6.45) is 3.98. The van der Waals surface area contributed by atoms with Crippen molar-refractivity contribution in [2.75, 3.05) is 13.2 Å². The highest BCUT2D eigenvalue weighted by atomic mass is 16.4. The largest absolute Gasteiger partial charge is 0.480 e. The zero-order valence-corrected chi connectivity index (χ0v) is 9.96. The lowest BCUT2D eigenvalue weighted by molar-refractivity contribution is -0.140. The molecule has 0 saturated carbocycles. The van der Waals surface area contributed by atoms with Gasteiger partial charge in [-0.3, -0.25) is 0 Å². The first kappa shape index (κ1) is 14.0. The number of aryl methyl sites for hydroxylation is 1. The first-order valence-corrected chi connectivity index (χ1v) is 5.38. The molecule has 8 heteroatoms. The second kappa shape index (κ2) is 6.60. The van der Waals surface area contributed by atoms with E-state index in [1.165, 1.54) is 0 Å². The number of urea groups is 1. The lowest BCUT2D eigenvalue weighted by Crippen LogP contribution is -2.48. The van der Waals surface area contributed by atoms with Gasteiger partial charge in [-0.2, -0.15) is 0 Å². The van der Waals surface area contributed by atoms with Crippen LogP contribution in [0.15, 0.2) is 12.4 Å². The lowest BCUT2D eigenvalue weighted by Gasteiger charge is -2.12. The Balaban J connectivity index is 2.29. The topological polar surface area (TPSA) is 116 Å². The predicted octanol–water partition coefficient (Wildman–Crippen LogP) is -1.29. The molecule has 1 aromatic heterocycles. The van der Waals surface area contributed by atoms with E-state index in [-0.39, 0.29) is 0 Å². The number of rotatable bonds is 6. The van der Waals surface area contributed by atoms with Gasteiger partial charge >= 0.3 is 12.0 Å². The molecule has 1 heterocycles. The van der Waals surface area contributed by atoms with Gasteiger partial charge in [0.1, 0.15) is 5.82 Å². The Kier molecular flexibility index (Phi) is 5.12. The zero-order chi connectivity index (χ0) is 13.5. The number of amides is 2. The van der Waals surface area contributed by atoms with E-state index in [1.807, 2.05) is 11.6 Å². The molecule has 100 valence electrons. The summed E-state index contributed by atoms with van der Waals surface area (Å²) in [5, 5.41) is 22.0. The molecule has 0 spiro atoms. The van der Waals surface area contributed by atoms with Crippen molar-refractivity contribution in [1.29, 1.82) is 0 Å². The second-order valence-corrected chi connectivity index (χ2v) is 3.68. The minimum absolute atomic E-state index is 0.328. The van der Waals surface area contributed by atoms with Crippen LogP contribution in [0.1, 0.15) is 5.82 Å². The van der Waals surface area contributed by atoms with Crippen molar-refractivity contribution in [2.24, 2.45) is 7.05 Å². The summed E-state index contributed by atoms with van der Waals surface area (Å²) in [6, 6.07) is -1.93. The van der Waals surface area contributed by atoms with E-state index in [2.05, 4.69) is 15.6 Å². The van der Waals surface area contributed by atoms with Crippen LogP contribution in [0.5, 0.6) is 0 Å². The van der Waals surface area contributed by atoms with Gasteiger partial charge in [-0.25, -0.2) is 14.6 Å². The van der Waals surface area contributed by atoms with Gasteiger partial charge in [-0.05, 0) is 0 Å². The molecule has 1 rings (SSSR count). The Labute approximate surface area is 104 Å². The summed E-state index contributed by atoms with van der Waals surface area (Å²) in [5.74, 6) is -0.469. The van der Waals surface area contributed by atoms with Crippen LogP contribution in [-0.2, 0) is 18.3 Å². The van der Waals surface area contributed by atoms with Crippen LogP contribution in [0.3, 0.4) is 0 Å². The number of imidazole rings is 1. The highest BCUT2D eigenvalue weighted by molar-refractivity contribution is 5.82. The van der Waals surface area contributed by atoms with Gasteiger partial charge in [-0.15, -0.1) is 0 Å². The van der Waals surface area contributed by atoms with Crippen LogP contribution in [-0.4, -0.2) is 51.0 Å². The second-order valence-electron chi connectivity index (χ2n) is 3.68. The van der Waals surface area contributed by atoms with Crippen LogP contribution >= 0.6 is 0 Å². The first-order chi connectivity index (χ1) is 8.54. The van der Waals surface area contributed by atoms with E-state index < -0.39 is 24.6 Å². The number of aliphatic hydroxyl groups excluding tert-OH is 1. The van der Waals surface area contributed by atoms with E-state index in [0.29, 0.717) is 13.0 Å². The van der Waals surface area contributed by atoms with Gasteiger partial charge < -0.3 is 25.4 Å². The number of aliphatic carboxylic acids is 1. The van der Waals surface area contributed by atoms with Crippen molar-refractivity contribution in [3.05, 3.63) is 18.2 Å². The summed E-state index contributed by atoms with van der Waals surface area (Å²) >= 11 is 0. The third kappa shape index (κ3) is 4.06. The summed E-state index contributed by atoms with van der Waals surface area (Å²) < 4.78 is 1.83. The van der Waals surface area contributed by atoms with Crippen molar-refractivity contribution < 1.29 is 19.8 Å². The molecule has 1 aromatic rings. The molecule has 0 saturated heterocycles. The number of aromatic nitrogens is 2. The molecule has 8 nitrogen and oxygen atoms in total. The molecule has 0 bridgehead atoms. The van der Waals surface area contributed by atoms with Crippen molar-refractivity contribution in [1.82, 2.24) is 20.2 Å². The number of hydrogen-bond donors (Lipinski definition) is 4. The van der Waals surface area contributed by atoms with E-state index in [1.54, 1.807) is 12.4 Å². The number of hydrogen-bond acceptors (Lipinski definition) is 4. The predicted molar refractivity (Wildman–Crippen MR) is 62.0 cm³/mol. The molecule has 0 aliphatic heterocycles. The van der Waals surface area contributed by atoms with Gasteiger partial charge in [0.25, 0.3) is 0 Å². The van der Waals surface area contributed by atoms with Crippen LogP contribution in [0.25, 0.3) is 0 Å². The molecule has 0 radical (unpaired) electrons. The summed E-state index contributed by atoms with van der Waals surface area (Å²) in [5.41, 5.74) is 0. The fourth-order valence-electron chi connectivity index (χ4n) is 1.32. The number of carboxylic acid groups (broad SMARTS) is 1. The van der Waals surface area contributed by atoms with E-state index >= 15 is 0 Å². The average Bonchev–Trinajstić information content (AvgIpc) is 2.71. The monoisotopic (exact) mass is 256 g/mol. The van der Waals surface area contributed by atoms with Crippen LogP contribution in [0.4, 0.5) is 4.79 Å². The summed E-state index contributed by atoms with van der Waals surface area (Å²) in [4.78, 5) is 25.9. The minimum atomic E-state index is -1.29. The highest BCUT2D eigenvalue weighted by Gasteiger charge is 2.18. The molecule has 1 atom stereocenters. The number of nitrogens with one attached hydrogen (secondary N) is 2. The van der Waals surface area contributed by atoms with E-state index in [4.69, 9.17) is 10.2 Å². The van der Waals surface area contributed by atoms with Gasteiger partial charge in [0.2, 0.25) is 0 Å². The number of carbonyl (C=O) groups is 2. The van der Waals surface area contributed by atoms with Crippen molar-refractivity contribution in [3.63, 3.8) is 0 Å². The summed E-state index contributed by atoms with van der Waals surface area (Å²) in [6.45, 7) is -0.323. The Morgan fingerprint density at radius 1 is 1.56 bits per heavy atom. The van der Waals surface area contributed by atoms with Crippen molar-refractivity contribution in [2.45, 2.75) is 12.5 Å². The Morgan fingerprint density at radius 2 is 2.28 bits per heavy atom. The van der Waals surface area contributed by atoms with Crippen molar-refractivity contribution in [3.8, 4) is 0 Å². The molecular weight excluding hydrogens is 240 g/mol. The molecule has 0 aliphatic rings. The maximum Gasteiger partial charge on any atom is 0.328 e. The van der Waals surface area contributed by atoms with Gasteiger partial charge in [0.05, 0.1) is 6.61 Å². The Bertz CT molecular complexity index is 418. The average molecular weight is 256 g/mol. The summed E-state index contributed by atoms with van der Waals surface area (Å²) in [7, 11) is 1.84. The van der Waals surface area contributed by atoms with Gasteiger partial charge in [0.15, 0.2) is 6.04 Å². The first-order valence-electron chi connectivity index (χ1n) is 5.38. The third-order valence-electron chi connectivity index (χ3n) is 2.34. The molecule has 0 aromatic carbocycles. The molecule has 4 N–H and O–H groups in total. The molecule has 2 amide bonds. The lowest BCUT2D eigenvalue weighted by atomic mass is 10.3. The molecule has 0 fully saturated rings. The normalized spacial score (nSPS) is 11.9. The smallest absolute Gasteiger partial charge is 0.328 e. The Hall–Kier alpha value is -2.09. The Morgan fingerprint density at radius 3 is 2.78 bits per heavy atom. The number of nitrogens with zero attached hydrogens (tertiary/aromatic N) is 2.